The second-order valence-electron chi connectivity index (χ2n) is 7.99. The standard InChI is InChI=1S/C20H26N2O2/c1-15-5-4-8-17(11-15)22-14-20(12-18(22)23)9-10-21(13-20)19(24)16-6-2-3-7-16/h4-5,8,11,16H,2-3,6-7,9-10,12-14H2,1H3/t20-/m1/s1. The summed E-state index contributed by atoms with van der Waals surface area (Å²) in [6, 6.07) is 8.15. The Labute approximate surface area is 143 Å². The van der Waals surface area contributed by atoms with Gasteiger partial charge in [-0.25, -0.2) is 0 Å². The van der Waals surface area contributed by atoms with E-state index in [0.29, 0.717) is 12.3 Å². The predicted octanol–water partition coefficient (Wildman–Crippen LogP) is 3.14. The predicted molar refractivity (Wildman–Crippen MR) is 93.7 cm³/mol. The zero-order valence-electron chi connectivity index (χ0n) is 14.5. The van der Waals surface area contributed by atoms with E-state index in [1.165, 1.54) is 18.4 Å². The zero-order chi connectivity index (χ0) is 16.7. The molecule has 0 unspecified atom stereocenters. The topological polar surface area (TPSA) is 40.6 Å². The smallest absolute Gasteiger partial charge is 0.227 e. The first-order valence-electron chi connectivity index (χ1n) is 9.22. The second kappa shape index (κ2) is 5.91. The van der Waals surface area contributed by atoms with Crippen molar-refractivity contribution in [3.63, 3.8) is 0 Å². The number of rotatable bonds is 2. The number of anilines is 1. The highest BCUT2D eigenvalue weighted by Crippen LogP contribution is 2.43. The molecule has 128 valence electrons. The van der Waals surface area contributed by atoms with Crippen LogP contribution in [0.2, 0.25) is 0 Å². The number of hydrogen-bond donors (Lipinski definition) is 0. The number of likely N-dealkylation sites (tertiary alicyclic amines) is 1. The molecular formula is C20H26N2O2. The van der Waals surface area contributed by atoms with Gasteiger partial charge in [0, 0.05) is 43.1 Å². The molecule has 1 aromatic rings. The largest absolute Gasteiger partial charge is 0.342 e. The maximum absolute atomic E-state index is 12.7. The van der Waals surface area contributed by atoms with E-state index in [4.69, 9.17) is 0 Å². The Bertz CT molecular complexity index is 665. The number of aryl methyl sites for hydroxylation is 1. The number of benzene rings is 1. The Morgan fingerprint density at radius 3 is 2.75 bits per heavy atom. The Morgan fingerprint density at radius 2 is 2.00 bits per heavy atom. The van der Waals surface area contributed by atoms with E-state index in [0.717, 1.165) is 44.6 Å². The molecule has 2 amide bonds. The van der Waals surface area contributed by atoms with Crippen molar-refractivity contribution < 1.29 is 9.59 Å². The molecule has 1 aliphatic carbocycles. The third-order valence-electron chi connectivity index (χ3n) is 6.09. The van der Waals surface area contributed by atoms with Crippen molar-refractivity contribution in [3.8, 4) is 0 Å². The molecule has 1 saturated carbocycles. The van der Waals surface area contributed by atoms with Crippen LogP contribution < -0.4 is 4.90 Å². The molecule has 3 fully saturated rings. The van der Waals surface area contributed by atoms with Crippen LogP contribution >= 0.6 is 0 Å². The summed E-state index contributed by atoms with van der Waals surface area (Å²) >= 11 is 0. The van der Waals surface area contributed by atoms with Crippen molar-refractivity contribution >= 4 is 17.5 Å². The molecule has 0 radical (unpaired) electrons. The summed E-state index contributed by atoms with van der Waals surface area (Å²) in [5.74, 6) is 0.784. The summed E-state index contributed by atoms with van der Waals surface area (Å²) in [6.45, 7) is 4.39. The van der Waals surface area contributed by atoms with E-state index < -0.39 is 0 Å². The average Bonchev–Trinajstić information content (AvgIpc) is 3.28. The van der Waals surface area contributed by atoms with Gasteiger partial charge in [-0.15, -0.1) is 0 Å². The van der Waals surface area contributed by atoms with Crippen molar-refractivity contribution in [1.82, 2.24) is 4.90 Å². The van der Waals surface area contributed by atoms with Crippen LogP contribution in [0.4, 0.5) is 5.69 Å². The molecule has 1 atom stereocenters. The van der Waals surface area contributed by atoms with Crippen LogP contribution in [0.25, 0.3) is 0 Å². The minimum absolute atomic E-state index is 0.0326. The normalized spacial score (nSPS) is 27.6. The minimum Gasteiger partial charge on any atom is -0.342 e. The van der Waals surface area contributed by atoms with E-state index >= 15 is 0 Å². The Hall–Kier alpha value is -1.84. The molecular weight excluding hydrogens is 300 g/mol. The van der Waals surface area contributed by atoms with E-state index in [-0.39, 0.29) is 17.2 Å². The highest BCUT2D eigenvalue weighted by Gasteiger charge is 2.49. The van der Waals surface area contributed by atoms with Crippen LogP contribution in [0.1, 0.15) is 44.1 Å². The van der Waals surface area contributed by atoms with Gasteiger partial charge in [0.1, 0.15) is 0 Å². The Balaban J connectivity index is 1.47. The van der Waals surface area contributed by atoms with Crippen LogP contribution in [0.15, 0.2) is 24.3 Å². The summed E-state index contributed by atoms with van der Waals surface area (Å²) in [7, 11) is 0. The Morgan fingerprint density at radius 1 is 1.21 bits per heavy atom. The monoisotopic (exact) mass is 326 g/mol. The molecule has 1 aromatic carbocycles. The first kappa shape index (κ1) is 15.7. The maximum Gasteiger partial charge on any atom is 0.227 e. The molecule has 2 saturated heterocycles. The molecule has 4 nitrogen and oxygen atoms in total. The molecule has 24 heavy (non-hydrogen) atoms. The fourth-order valence-corrected chi connectivity index (χ4v) is 4.75. The SMILES string of the molecule is Cc1cccc(N2C[C@]3(CCN(C(=O)C4CCCC4)C3)CC2=O)c1. The van der Waals surface area contributed by atoms with Crippen molar-refractivity contribution in [2.75, 3.05) is 24.5 Å². The van der Waals surface area contributed by atoms with Crippen LogP contribution in [0.3, 0.4) is 0 Å². The molecule has 2 heterocycles. The van der Waals surface area contributed by atoms with Gasteiger partial charge in [0.15, 0.2) is 0 Å². The first-order valence-corrected chi connectivity index (χ1v) is 9.22. The van der Waals surface area contributed by atoms with Gasteiger partial charge in [0.25, 0.3) is 0 Å². The highest BCUT2D eigenvalue weighted by molar-refractivity contribution is 5.96. The third kappa shape index (κ3) is 2.72. The van der Waals surface area contributed by atoms with Crippen LogP contribution in [-0.2, 0) is 9.59 Å². The van der Waals surface area contributed by atoms with E-state index in [1.807, 2.05) is 21.9 Å². The zero-order valence-corrected chi connectivity index (χ0v) is 14.5. The molecule has 1 spiro atoms. The lowest BCUT2D eigenvalue weighted by Gasteiger charge is -2.25. The molecule has 4 rings (SSSR count). The molecule has 0 bridgehead atoms. The minimum atomic E-state index is -0.0326. The summed E-state index contributed by atoms with van der Waals surface area (Å²) in [5, 5.41) is 0. The summed E-state index contributed by atoms with van der Waals surface area (Å²) in [5.41, 5.74) is 2.14. The second-order valence-corrected chi connectivity index (χ2v) is 7.99. The van der Waals surface area contributed by atoms with Crippen molar-refractivity contribution in [2.45, 2.75) is 45.4 Å². The summed E-state index contributed by atoms with van der Waals surface area (Å²) < 4.78 is 0. The lowest BCUT2D eigenvalue weighted by Crippen LogP contribution is -2.36. The maximum atomic E-state index is 12.7. The quantitative estimate of drug-likeness (QED) is 0.838. The van der Waals surface area contributed by atoms with Gasteiger partial charge in [-0.05, 0) is 43.9 Å². The fourth-order valence-electron chi connectivity index (χ4n) is 4.75. The van der Waals surface area contributed by atoms with Gasteiger partial charge in [0.2, 0.25) is 11.8 Å². The summed E-state index contributed by atoms with van der Waals surface area (Å²) in [4.78, 5) is 29.3. The van der Waals surface area contributed by atoms with E-state index in [9.17, 15) is 9.59 Å². The average molecular weight is 326 g/mol. The molecule has 0 N–H and O–H groups in total. The summed E-state index contributed by atoms with van der Waals surface area (Å²) in [6.07, 6.45) is 6.02. The molecule has 3 aliphatic rings. The van der Waals surface area contributed by atoms with Crippen molar-refractivity contribution in [3.05, 3.63) is 29.8 Å². The molecule has 0 aromatic heterocycles. The van der Waals surface area contributed by atoms with Crippen LogP contribution in [-0.4, -0.2) is 36.3 Å². The first-order chi connectivity index (χ1) is 11.6. The third-order valence-corrected chi connectivity index (χ3v) is 6.09. The number of nitrogens with zero attached hydrogens (tertiary/aromatic N) is 2. The van der Waals surface area contributed by atoms with Gasteiger partial charge in [-0.3, -0.25) is 9.59 Å². The lowest BCUT2D eigenvalue weighted by atomic mass is 9.86. The van der Waals surface area contributed by atoms with Gasteiger partial charge in [-0.1, -0.05) is 25.0 Å². The van der Waals surface area contributed by atoms with Gasteiger partial charge in [0.05, 0.1) is 0 Å². The van der Waals surface area contributed by atoms with Crippen molar-refractivity contribution in [2.24, 2.45) is 11.3 Å². The molecule has 2 aliphatic heterocycles. The fraction of sp³-hybridized carbons (Fsp3) is 0.600. The van der Waals surface area contributed by atoms with Gasteiger partial charge >= 0.3 is 0 Å². The van der Waals surface area contributed by atoms with Gasteiger partial charge < -0.3 is 9.80 Å². The number of carbonyl (C=O) groups is 2. The van der Waals surface area contributed by atoms with E-state index in [1.54, 1.807) is 0 Å². The Kier molecular flexibility index (Phi) is 3.86. The number of amides is 2. The van der Waals surface area contributed by atoms with Gasteiger partial charge in [-0.2, -0.15) is 0 Å². The van der Waals surface area contributed by atoms with Crippen LogP contribution in [0, 0.1) is 18.3 Å². The van der Waals surface area contributed by atoms with Crippen LogP contribution in [0.5, 0.6) is 0 Å². The molecule has 4 heteroatoms. The number of hydrogen-bond acceptors (Lipinski definition) is 2. The highest BCUT2D eigenvalue weighted by atomic mass is 16.2. The number of carbonyl (C=O) groups excluding carboxylic acids is 2. The lowest BCUT2D eigenvalue weighted by molar-refractivity contribution is -0.134. The van der Waals surface area contributed by atoms with E-state index in [2.05, 4.69) is 19.1 Å². The van der Waals surface area contributed by atoms with Crippen molar-refractivity contribution in [1.29, 1.82) is 0 Å².